The zero-order valence-corrected chi connectivity index (χ0v) is 10.8. The minimum absolute atomic E-state index is 0.428. The van der Waals surface area contributed by atoms with E-state index in [9.17, 15) is 4.79 Å². The first kappa shape index (κ1) is 11.9. The maximum absolute atomic E-state index is 11.0. The van der Waals surface area contributed by atoms with Crippen LogP contribution in [0.1, 0.15) is 18.5 Å². The molecule has 2 aromatic heterocycles. The Morgan fingerprint density at radius 3 is 3.00 bits per heavy atom. The number of aliphatic carboxylic acids is 1. The molecule has 1 atom stereocenters. The minimum Gasteiger partial charge on any atom is -0.481 e. The SMILES string of the molecule is C[C@H](C(=O)O)c1cnc2c(n1)[nH]c1ccc(Cl)cc12. The van der Waals surface area contributed by atoms with Crippen LogP contribution in [-0.2, 0) is 4.79 Å². The fourth-order valence-electron chi connectivity index (χ4n) is 1.97. The van der Waals surface area contributed by atoms with Crippen LogP contribution in [0.2, 0.25) is 5.02 Å². The van der Waals surface area contributed by atoms with E-state index < -0.39 is 11.9 Å². The minimum atomic E-state index is -0.923. The Hall–Kier alpha value is -2.14. The van der Waals surface area contributed by atoms with E-state index in [2.05, 4.69) is 15.0 Å². The third kappa shape index (κ3) is 1.92. The van der Waals surface area contributed by atoms with E-state index in [1.165, 1.54) is 6.20 Å². The van der Waals surface area contributed by atoms with Crippen LogP contribution in [0, 0.1) is 0 Å². The van der Waals surface area contributed by atoms with Crippen LogP contribution in [0.3, 0.4) is 0 Å². The lowest BCUT2D eigenvalue weighted by Gasteiger charge is -2.04. The second kappa shape index (κ2) is 4.20. The summed E-state index contributed by atoms with van der Waals surface area (Å²) < 4.78 is 0. The molecule has 6 heteroatoms. The Morgan fingerprint density at radius 1 is 1.47 bits per heavy atom. The summed E-state index contributed by atoms with van der Waals surface area (Å²) in [6.45, 7) is 1.58. The number of nitrogens with one attached hydrogen (secondary N) is 1. The van der Waals surface area contributed by atoms with Crippen molar-refractivity contribution in [1.82, 2.24) is 15.0 Å². The van der Waals surface area contributed by atoms with E-state index in [0.717, 1.165) is 10.9 Å². The first-order chi connectivity index (χ1) is 9.06. The highest BCUT2D eigenvalue weighted by molar-refractivity contribution is 6.31. The molecule has 3 aromatic rings. The molecule has 0 saturated heterocycles. The molecule has 0 unspecified atom stereocenters. The molecule has 2 heterocycles. The van der Waals surface area contributed by atoms with Crippen LogP contribution in [0.4, 0.5) is 0 Å². The first-order valence-corrected chi connectivity index (χ1v) is 6.11. The number of nitrogens with zero attached hydrogens (tertiary/aromatic N) is 2. The summed E-state index contributed by atoms with van der Waals surface area (Å²) in [7, 11) is 0. The number of benzene rings is 1. The lowest BCUT2D eigenvalue weighted by Crippen LogP contribution is -2.09. The Bertz CT molecular complexity index is 797. The van der Waals surface area contributed by atoms with Crippen molar-refractivity contribution >= 4 is 39.6 Å². The normalized spacial score (nSPS) is 12.9. The fraction of sp³-hybridized carbons (Fsp3) is 0.154. The van der Waals surface area contributed by atoms with Crippen LogP contribution in [0.25, 0.3) is 22.1 Å². The second-order valence-corrected chi connectivity index (χ2v) is 4.80. The smallest absolute Gasteiger partial charge is 0.312 e. The number of carboxylic acids is 1. The van der Waals surface area contributed by atoms with Gasteiger partial charge in [-0.2, -0.15) is 0 Å². The van der Waals surface area contributed by atoms with Gasteiger partial charge in [0.2, 0.25) is 0 Å². The maximum Gasteiger partial charge on any atom is 0.312 e. The molecule has 0 aliphatic carbocycles. The van der Waals surface area contributed by atoms with Crippen molar-refractivity contribution in [3.05, 3.63) is 35.1 Å². The third-order valence-electron chi connectivity index (χ3n) is 3.10. The van der Waals surface area contributed by atoms with Crippen LogP contribution in [0.15, 0.2) is 24.4 Å². The number of hydrogen-bond acceptors (Lipinski definition) is 3. The number of halogens is 1. The van der Waals surface area contributed by atoms with Crippen molar-refractivity contribution in [3.8, 4) is 0 Å². The van der Waals surface area contributed by atoms with E-state index >= 15 is 0 Å². The van der Waals surface area contributed by atoms with Crippen LogP contribution >= 0.6 is 11.6 Å². The summed E-state index contributed by atoms with van der Waals surface area (Å²) >= 11 is 5.96. The number of rotatable bonds is 2. The fourth-order valence-corrected chi connectivity index (χ4v) is 2.14. The number of H-pyrrole nitrogens is 1. The predicted octanol–water partition coefficient (Wildman–Crippen LogP) is 2.95. The number of aromatic amines is 1. The molecule has 0 saturated carbocycles. The van der Waals surface area contributed by atoms with Gasteiger partial charge in [0.15, 0.2) is 5.65 Å². The number of hydrogen-bond donors (Lipinski definition) is 2. The number of carboxylic acid groups (broad SMARTS) is 1. The Balaban J connectivity index is 2.24. The monoisotopic (exact) mass is 275 g/mol. The predicted molar refractivity (Wildman–Crippen MR) is 72.5 cm³/mol. The molecule has 0 aliphatic heterocycles. The van der Waals surface area contributed by atoms with E-state index in [1.54, 1.807) is 13.0 Å². The lowest BCUT2D eigenvalue weighted by atomic mass is 10.1. The molecule has 0 aliphatic rings. The number of aromatic nitrogens is 3. The topological polar surface area (TPSA) is 78.9 Å². The van der Waals surface area contributed by atoms with Crippen LogP contribution < -0.4 is 0 Å². The average Bonchev–Trinajstić information content (AvgIpc) is 2.74. The molecule has 5 nitrogen and oxygen atoms in total. The number of fused-ring (bicyclic) bond motifs is 3. The Kier molecular flexibility index (Phi) is 2.64. The van der Waals surface area contributed by atoms with E-state index in [4.69, 9.17) is 16.7 Å². The summed E-state index contributed by atoms with van der Waals surface area (Å²) in [5, 5.41) is 10.5. The van der Waals surface area contributed by atoms with Crippen molar-refractivity contribution in [2.75, 3.05) is 0 Å². The van der Waals surface area contributed by atoms with Crippen LogP contribution in [-0.4, -0.2) is 26.0 Å². The lowest BCUT2D eigenvalue weighted by molar-refractivity contribution is -0.138. The van der Waals surface area contributed by atoms with Gasteiger partial charge >= 0.3 is 5.97 Å². The van der Waals surface area contributed by atoms with Gasteiger partial charge in [0.1, 0.15) is 5.52 Å². The molecule has 19 heavy (non-hydrogen) atoms. The Labute approximate surface area is 113 Å². The Morgan fingerprint density at radius 2 is 2.26 bits per heavy atom. The van der Waals surface area contributed by atoms with Crippen LogP contribution in [0.5, 0.6) is 0 Å². The van der Waals surface area contributed by atoms with E-state index in [0.29, 0.717) is 21.9 Å². The van der Waals surface area contributed by atoms with Gasteiger partial charge in [0.05, 0.1) is 17.8 Å². The summed E-state index contributed by atoms with van der Waals surface area (Å²) in [4.78, 5) is 22.7. The van der Waals surface area contributed by atoms with Gasteiger partial charge in [-0.05, 0) is 25.1 Å². The van der Waals surface area contributed by atoms with Crippen molar-refractivity contribution in [1.29, 1.82) is 0 Å². The number of carbonyl (C=O) groups is 1. The quantitative estimate of drug-likeness (QED) is 0.754. The standard InChI is InChI=1S/C13H10ClN3O2/c1-6(13(18)19)10-5-15-11-8-4-7(14)2-3-9(8)16-12(11)17-10/h2-6H,1H3,(H,16,17)(H,18,19)/t6-/m0/s1. The highest BCUT2D eigenvalue weighted by atomic mass is 35.5. The van der Waals surface area contributed by atoms with Crippen molar-refractivity contribution in [2.45, 2.75) is 12.8 Å². The molecule has 0 amide bonds. The summed E-state index contributed by atoms with van der Waals surface area (Å²) in [5.74, 6) is -1.61. The zero-order chi connectivity index (χ0) is 13.6. The van der Waals surface area contributed by atoms with Crippen molar-refractivity contribution in [3.63, 3.8) is 0 Å². The maximum atomic E-state index is 11.0. The molecule has 3 rings (SSSR count). The van der Waals surface area contributed by atoms with Gasteiger partial charge in [-0.3, -0.25) is 9.78 Å². The van der Waals surface area contributed by atoms with Gasteiger partial charge < -0.3 is 10.1 Å². The first-order valence-electron chi connectivity index (χ1n) is 5.73. The van der Waals surface area contributed by atoms with Gasteiger partial charge in [-0.15, -0.1) is 0 Å². The third-order valence-corrected chi connectivity index (χ3v) is 3.33. The molecule has 0 fully saturated rings. The molecule has 0 bridgehead atoms. The van der Waals surface area contributed by atoms with E-state index in [1.807, 2.05) is 12.1 Å². The molecular weight excluding hydrogens is 266 g/mol. The molecule has 1 aromatic carbocycles. The largest absolute Gasteiger partial charge is 0.481 e. The average molecular weight is 276 g/mol. The molecule has 0 radical (unpaired) electrons. The van der Waals surface area contributed by atoms with Gasteiger partial charge in [0, 0.05) is 15.9 Å². The molecular formula is C13H10ClN3O2. The zero-order valence-electron chi connectivity index (χ0n) is 10.0. The highest BCUT2D eigenvalue weighted by Crippen LogP contribution is 2.26. The molecule has 96 valence electrons. The summed E-state index contributed by atoms with van der Waals surface area (Å²) in [6, 6.07) is 5.44. The van der Waals surface area contributed by atoms with Gasteiger partial charge in [-0.25, -0.2) is 4.98 Å². The van der Waals surface area contributed by atoms with Crippen molar-refractivity contribution < 1.29 is 9.90 Å². The van der Waals surface area contributed by atoms with Gasteiger partial charge in [-0.1, -0.05) is 11.6 Å². The van der Waals surface area contributed by atoms with Crippen molar-refractivity contribution in [2.24, 2.45) is 0 Å². The van der Waals surface area contributed by atoms with E-state index in [-0.39, 0.29) is 0 Å². The molecule has 0 spiro atoms. The summed E-state index contributed by atoms with van der Waals surface area (Å²) in [5.41, 5.74) is 2.57. The molecule has 2 N–H and O–H groups in total. The second-order valence-electron chi connectivity index (χ2n) is 4.37. The highest BCUT2D eigenvalue weighted by Gasteiger charge is 2.17. The van der Waals surface area contributed by atoms with Gasteiger partial charge in [0.25, 0.3) is 0 Å². The summed E-state index contributed by atoms with van der Waals surface area (Å²) in [6.07, 6.45) is 1.50.